The highest BCUT2D eigenvalue weighted by atomic mass is 31.2. The lowest BCUT2D eigenvalue weighted by Gasteiger charge is -2.28. The maximum absolute atomic E-state index is 14.9. The third kappa shape index (κ3) is 16.3. The lowest BCUT2D eigenvalue weighted by molar-refractivity contribution is -0.149. The summed E-state index contributed by atoms with van der Waals surface area (Å²) in [4.78, 5) is 51.7. The van der Waals surface area contributed by atoms with Crippen LogP contribution < -0.4 is 40.2 Å². The van der Waals surface area contributed by atoms with Gasteiger partial charge in [-0.3, -0.25) is 23.0 Å². The molecule has 5 aromatic carbocycles. The summed E-state index contributed by atoms with van der Waals surface area (Å²) in [6.07, 6.45) is -5.33. The van der Waals surface area contributed by atoms with Crippen LogP contribution in [0.4, 0.5) is 11.9 Å². The van der Waals surface area contributed by atoms with Gasteiger partial charge in [0.05, 0.1) is 52.8 Å². The highest BCUT2D eigenvalue weighted by Crippen LogP contribution is 2.52. The highest BCUT2D eigenvalue weighted by Gasteiger charge is 2.56. The van der Waals surface area contributed by atoms with Gasteiger partial charge in [-0.05, 0) is 67.0 Å². The number of rotatable bonds is 24. The third-order valence-corrected chi connectivity index (χ3v) is 18.8. The van der Waals surface area contributed by atoms with E-state index in [0.29, 0.717) is 22.9 Å². The van der Waals surface area contributed by atoms with Gasteiger partial charge in [0.2, 0.25) is 23.7 Å². The van der Waals surface area contributed by atoms with Crippen LogP contribution in [0.1, 0.15) is 93.3 Å². The quantitative estimate of drug-likeness (QED) is 0.0208. The molecule has 0 bridgehead atoms. The number of aliphatic hydroxyl groups excluding tert-OH is 2. The molecule has 524 valence electrons. The first-order chi connectivity index (χ1) is 46.3. The van der Waals surface area contributed by atoms with Crippen molar-refractivity contribution in [2.24, 2.45) is 10.8 Å². The zero-order valence-corrected chi connectivity index (χ0v) is 57.7. The molecule has 0 spiro atoms. The van der Waals surface area contributed by atoms with Gasteiger partial charge in [0.1, 0.15) is 59.2 Å². The van der Waals surface area contributed by atoms with E-state index in [1.807, 2.05) is 90.1 Å². The van der Waals surface area contributed by atoms with Gasteiger partial charge in [0.15, 0.2) is 34.8 Å². The van der Waals surface area contributed by atoms with E-state index < -0.39 is 101 Å². The van der Waals surface area contributed by atoms with Gasteiger partial charge in [0, 0.05) is 10.8 Å². The van der Waals surface area contributed by atoms with Crippen molar-refractivity contribution in [3.8, 4) is 23.3 Å². The first kappa shape index (κ1) is 72.3. The molecule has 2 aliphatic heterocycles. The van der Waals surface area contributed by atoms with E-state index >= 15 is 0 Å². The molecule has 6 heterocycles. The third-order valence-electron chi connectivity index (χ3n) is 15.7. The van der Waals surface area contributed by atoms with Crippen LogP contribution in [0, 0.1) is 10.8 Å². The van der Waals surface area contributed by atoms with Crippen molar-refractivity contribution in [3.63, 3.8) is 0 Å². The number of hydrogen-bond acceptors (Lipinski definition) is 26. The monoisotopic (exact) mass is 1390 g/mol. The second-order valence-corrected chi connectivity index (χ2v) is 29.7. The Morgan fingerprint density at radius 2 is 1.05 bits per heavy atom. The molecule has 2 fully saturated rings. The van der Waals surface area contributed by atoms with Crippen LogP contribution in [0.2, 0.25) is 0 Å². The number of esters is 2. The summed E-state index contributed by atoms with van der Waals surface area (Å²) in [5, 5.41) is 53.9. The number of ether oxygens (including phenoxy) is 6. The number of nitrogens with two attached hydrogens (primary N) is 2. The van der Waals surface area contributed by atoms with Crippen molar-refractivity contribution in [2.45, 2.75) is 129 Å². The molecule has 32 heteroatoms. The summed E-state index contributed by atoms with van der Waals surface area (Å²) in [6.45, 7) is 17.0. The van der Waals surface area contributed by atoms with E-state index in [4.69, 9.17) is 58.0 Å². The topological polar surface area (TPSA) is 405 Å². The Bertz CT molecular complexity index is 4400. The van der Waals surface area contributed by atoms with Crippen LogP contribution in [0.3, 0.4) is 0 Å². The summed E-state index contributed by atoms with van der Waals surface area (Å²) in [5.74, 6) is -0.845. The maximum Gasteiger partial charge on any atom is 0.459 e. The van der Waals surface area contributed by atoms with Crippen LogP contribution in [0.25, 0.3) is 43.9 Å². The minimum absolute atomic E-state index is 0.0893. The summed E-state index contributed by atoms with van der Waals surface area (Å²) in [6, 6.07) is 31.4. The first-order valence-electron chi connectivity index (χ1n) is 31.4. The van der Waals surface area contributed by atoms with Crippen molar-refractivity contribution in [1.29, 1.82) is 0 Å². The molecule has 98 heavy (non-hydrogen) atoms. The Morgan fingerprint density at radius 1 is 0.622 bits per heavy atom. The number of nitrogen functional groups attached to an aromatic ring is 2. The summed E-state index contributed by atoms with van der Waals surface area (Å²) < 4.78 is 90.2. The standard InChI is InChI=1S/C35H41N6O9P.C31H41N6O9P/c1-34(2,3)19-47-31(43)26(22-13-7-6-8-14-22)40-51(45,50-24-17-11-15-21-12-9-10-16-23(21)24)48-18-25-28(42)35(4,44)32(49-25)41-20-37-27-29(41)38-33(36)39-30(27)46-5;1-7-42-26-23-25(34-29(32)35-26)37(17-33-23)28-31(6,40)24(38)22(45-28)15-44-47(41,36-18(2)27(39)43-16-30(3,4)5)46-21-14-10-12-19-11-8-9-13-20(19)21/h6-17,20,25-26,28,32,42,44H,18-19H2,1-5H3,(H,40,45)(H2,36,38,39);8-14,17-18,22,24,28,38,40H,7,15-16H2,1-6H3,(H,36,41)(H2,32,34,35)/t25-,26+,28-,32?,35-,51?;18-,22+,24+,28?,31+,47?/m10/s1. The van der Waals surface area contributed by atoms with E-state index in [1.54, 1.807) is 73.7 Å². The highest BCUT2D eigenvalue weighted by molar-refractivity contribution is 7.52. The maximum atomic E-state index is 14.9. The number of aliphatic hydroxyl groups is 4. The number of fused-ring (bicyclic) bond motifs is 4. The van der Waals surface area contributed by atoms with Gasteiger partial charge >= 0.3 is 27.4 Å². The number of carbonyl (C=O) groups is 2. The summed E-state index contributed by atoms with van der Waals surface area (Å²) in [5.41, 5.74) is 8.69. The Morgan fingerprint density at radius 3 is 1.52 bits per heavy atom. The Labute approximate surface area is 564 Å². The summed E-state index contributed by atoms with van der Waals surface area (Å²) >= 11 is 0. The number of benzene rings is 5. The predicted octanol–water partition coefficient (Wildman–Crippen LogP) is 8.44. The minimum Gasteiger partial charge on any atom is -0.479 e. The zero-order chi connectivity index (χ0) is 70.7. The van der Waals surface area contributed by atoms with Gasteiger partial charge in [-0.2, -0.15) is 30.1 Å². The fourth-order valence-corrected chi connectivity index (χ4v) is 13.8. The smallest absolute Gasteiger partial charge is 0.459 e. The fraction of sp³-hybridized carbons (Fsp3) is 0.424. The number of nitrogens with zero attached hydrogens (tertiary/aromatic N) is 8. The predicted molar refractivity (Wildman–Crippen MR) is 360 cm³/mol. The lowest BCUT2D eigenvalue weighted by Crippen LogP contribution is -2.44. The fourth-order valence-electron chi connectivity index (χ4n) is 10.8. The Balaban J connectivity index is 0.000000213. The van der Waals surface area contributed by atoms with E-state index in [1.165, 1.54) is 49.7 Å². The normalized spacial score (nSPS) is 22.9. The van der Waals surface area contributed by atoms with Crippen molar-refractivity contribution in [1.82, 2.24) is 49.2 Å². The molecule has 10 N–H and O–H groups in total. The number of anilines is 2. The van der Waals surface area contributed by atoms with E-state index in [-0.39, 0.29) is 81.5 Å². The molecular weight excluding hydrogens is 1310 g/mol. The summed E-state index contributed by atoms with van der Waals surface area (Å²) in [7, 11) is -7.51. The molecule has 0 amide bonds. The van der Waals surface area contributed by atoms with Gasteiger partial charge in [0.25, 0.3) is 0 Å². The van der Waals surface area contributed by atoms with Crippen LogP contribution in [0.5, 0.6) is 23.3 Å². The van der Waals surface area contributed by atoms with Crippen LogP contribution in [-0.4, -0.2) is 153 Å². The van der Waals surface area contributed by atoms with Crippen molar-refractivity contribution in [2.75, 3.05) is 51.6 Å². The van der Waals surface area contributed by atoms with Crippen LogP contribution in [-0.2, 0) is 46.7 Å². The molecule has 9 aromatic rings. The van der Waals surface area contributed by atoms with Crippen LogP contribution >= 0.6 is 15.5 Å². The number of nitrogens with one attached hydrogen (secondary N) is 2. The number of methoxy groups -OCH3 is 1. The molecule has 0 aliphatic carbocycles. The molecule has 12 atom stereocenters. The second kappa shape index (κ2) is 29.1. The molecule has 0 radical (unpaired) electrons. The second-order valence-electron chi connectivity index (χ2n) is 26.3. The largest absolute Gasteiger partial charge is 0.479 e. The number of imidazole rings is 2. The molecule has 11 rings (SSSR count). The zero-order valence-electron chi connectivity index (χ0n) is 55.9. The van der Waals surface area contributed by atoms with Gasteiger partial charge in [-0.25, -0.2) is 23.9 Å². The molecule has 4 unspecified atom stereocenters. The number of carbonyl (C=O) groups excluding carboxylic acids is 2. The SMILES string of the molecule is CCOc1nc(N)nc2c1ncn2C1O[C@H](COP(=O)(N[C@@H](C)C(=O)OCC(C)(C)C)Oc2cccc3ccccc23)[C@@H](O)[C@@]1(C)O.COc1nc(N)nc2c1ncn2C1O[C@H](COP(=O)(N[C@H](C(=O)OCC(C)(C)C)c2ccccc2)Oc2cccc3ccccc23)[C@@H](O)[C@@]1(C)O. The lowest BCUT2D eigenvalue weighted by atomic mass is 9.96. The van der Waals surface area contributed by atoms with E-state index in [2.05, 4.69) is 40.1 Å². The van der Waals surface area contributed by atoms with Crippen molar-refractivity contribution in [3.05, 3.63) is 133 Å². The van der Waals surface area contributed by atoms with E-state index in [0.717, 1.165) is 10.8 Å². The van der Waals surface area contributed by atoms with E-state index in [9.17, 15) is 39.1 Å². The number of hydrogen-bond donors (Lipinski definition) is 8. The van der Waals surface area contributed by atoms with Crippen LogP contribution in [0.15, 0.2) is 128 Å². The first-order valence-corrected chi connectivity index (χ1v) is 34.5. The molecule has 0 saturated carbocycles. The molecule has 2 saturated heterocycles. The minimum atomic E-state index is -4.54. The van der Waals surface area contributed by atoms with Crippen molar-refractivity contribution < 1.29 is 85.7 Å². The van der Waals surface area contributed by atoms with Gasteiger partial charge in [-0.15, -0.1) is 0 Å². The van der Waals surface area contributed by atoms with Gasteiger partial charge in [-0.1, -0.05) is 145 Å². The molecule has 2 aliphatic rings. The average molecular weight is 1390 g/mol. The van der Waals surface area contributed by atoms with Gasteiger partial charge < -0.3 is 69.4 Å². The molecular formula is C66H82N12O18P2. The molecule has 4 aromatic heterocycles. The average Bonchev–Trinajstić information content (AvgIpc) is 1.59. The number of aromatic nitrogens is 8. The molecule has 30 nitrogen and oxygen atoms in total. The Hall–Kier alpha value is -8.48. The van der Waals surface area contributed by atoms with Crippen molar-refractivity contribution >= 4 is 83.2 Å². The Kier molecular flexibility index (Phi) is 21.5.